The van der Waals surface area contributed by atoms with Gasteiger partial charge in [-0.3, -0.25) is 15.0 Å². The molecule has 0 aromatic heterocycles. The maximum Gasteiger partial charge on any atom is 0.326 e. The van der Waals surface area contributed by atoms with Crippen molar-refractivity contribution in [2.45, 2.75) is 70.7 Å². The number of esters is 1. The highest BCUT2D eigenvalue weighted by atomic mass is 16.5. The van der Waals surface area contributed by atoms with Gasteiger partial charge in [-0.25, -0.2) is 0 Å². The van der Waals surface area contributed by atoms with Gasteiger partial charge in [0.25, 0.3) is 0 Å². The lowest BCUT2D eigenvalue weighted by molar-refractivity contribution is -0.151. The average molecular weight is 298 g/mol. The number of rotatable bonds is 7. The molecule has 5 nitrogen and oxygen atoms in total. The van der Waals surface area contributed by atoms with E-state index in [-0.39, 0.29) is 12.0 Å². The summed E-state index contributed by atoms with van der Waals surface area (Å²) in [7, 11) is 0. The summed E-state index contributed by atoms with van der Waals surface area (Å²) in [5.41, 5.74) is -0.610. The molecule has 0 saturated carbocycles. The fourth-order valence-corrected chi connectivity index (χ4v) is 3.42. The van der Waals surface area contributed by atoms with Crippen molar-refractivity contribution in [2.75, 3.05) is 26.2 Å². The van der Waals surface area contributed by atoms with Crippen LogP contribution in [0.5, 0.6) is 0 Å². The van der Waals surface area contributed by atoms with Crippen LogP contribution in [0, 0.1) is 0 Å². The molecular weight excluding hydrogens is 268 g/mol. The van der Waals surface area contributed by atoms with Gasteiger partial charge in [0, 0.05) is 25.7 Å². The van der Waals surface area contributed by atoms with Crippen LogP contribution < -0.4 is 5.32 Å². The van der Waals surface area contributed by atoms with Crippen LogP contribution in [0.2, 0.25) is 0 Å². The van der Waals surface area contributed by atoms with Crippen LogP contribution in [-0.4, -0.2) is 60.9 Å². The summed E-state index contributed by atoms with van der Waals surface area (Å²) >= 11 is 0. The molecule has 5 heteroatoms. The summed E-state index contributed by atoms with van der Waals surface area (Å²) in [6.07, 6.45) is 3.93. The molecule has 0 spiro atoms. The van der Waals surface area contributed by atoms with Crippen molar-refractivity contribution in [1.82, 2.24) is 10.2 Å². The molecule has 2 rings (SSSR count). The van der Waals surface area contributed by atoms with E-state index in [4.69, 9.17) is 9.47 Å². The van der Waals surface area contributed by atoms with E-state index in [0.717, 1.165) is 26.1 Å². The van der Waals surface area contributed by atoms with Crippen LogP contribution in [0.4, 0.5) is 0 Å². The van der Waals surface area contributed by atoms with Crippen molar-refractivity contribution in [2.24, 2.45) is 0 Å². The third-order valence-electron chi connectivity index (χ3n) is 4.38. The summed E-state index contributed by atoms with van der Waals surface area (Å²) in [6.45, 7) is 11.3. The molecule has 0 amide bonds. The van der Waals surface area contributed by atoms with Crippen molar-refractivity contribution >= 4 is 5.97 Å². The maximum absolute atomic E-state index is 12.3. The molecule has 21 heavy (non-hydrogen) atoms. The predicted molar refractivity (Wildman–Crippen MR) is 82.3 cm³/mol. The molecule has 2 saturated heterocycles. The van der Waals surface area contributed by atoms with Gasteiger partial charge in [-0.1, -0.05) is 0 Å². The second-order valence-corrected chi connectivity index (χ2v) is 6.82. The number of morpholine rings is 1. The van der Waals surface area contributed by atoms with E-state index in [1.54, 1.807) is 0 Å². The molecule has 2 aliphatic rings. The van der Waals surface area contributed by atoms with Crippen LogP contribution in [-0.2, 0) is 14.3 Å². The third-order valence-corrected chi connectivity index (χ3v) is 4.38. The minimum atomic E-state index is -0.610. The second-order valence-electron chi connectivity index (χ2n) is 6.82. The molecule has 3 atom stereocenters. The number of hydrogen-bond donors (Lipinski definition) is 1. The third kappa shape index (κ3) is 4.41. The summed E-state index contributed by atoms with van der Waals surface area (Å²) in [5, 5.41) is 3.39. The number of likely N-dealkylation sites (tertiary alicyclic amines) is 1. The molecule has 0 aromatic rings. The summed E-state index contributed by atoms with van der Waals surface area (Å²) in [5.74, 6) is -0.144. The number of nitrogens with zero attached hydrogens (tertiary/aromatic N) is 1. The Morgan fingerprint density at radius 1 is 1.38 bits per heavy atom. The largest absolute Gasteiger partial charge is 0.465 e. The van der Waals surface area contributed by atoms with Gasteiger partial charge in [-0.05, 0) is 47.0 Å². The number of carbonyl (C=O) groups excluding carboxylic acids is 1. The minimum absolute atomic E-state index is 0.144. The molecule has 122 valence electrons. The number of nitrogens with one attached hydrogen (secondary N) is 1. The lowest BCUT2D eigenvalue weighted by Crippen LogP contribution is -2.55. The van der Waals surface area contributed by atoms with Crippen molar-refractivity contribution in [1.29, 1.82) is 0 Å². The lowest BCUT2D eigenvalue weighted by Gasteiger charge is -2.36. The Morgan fingerprint density at radius 2 is 2.00 bits per heavy atom. The van der Waals surface area contributed by atoms with Crippen LogP contribution in [0.3, 0.4) is 0 Å². The fourth-order valence-electron chi connectivity index (χ4n) is 3.42. The fraction of sp³-hybridized carbons (Fsp3) is 0.938. The molecular formula is C16H30N2O3. The highest BCUT2D eigenvalue weighted by Crippen LogP contribution is 2.27. The zero-order chi connectivity index (χ0) is 15.5. The molecule has 0 aromatic carbocycles. The van der Waals surface area contributed by atoms with E-state index in [1.165, 1.54) is 12.8 Å². The zero-order valence-electron chi connectivity index (χ0n) is 13.9. The van der Waals surface area contributed by atoms with E-state index >= 15 is 0 Å². The van der Waals surface area contributed by atoms with Gasteiger partial charge in [-0.15, -0.1) is 0 Å². The smallest absolute Gasteiger partial charge is 0.326 e. The van der Waals surface area contributed by atoms with Gasteiger partial charge in [0.2, 0.25) is 0 Å². The maximum atomic E-state index is 12.3. The molecule has 3 unspecified atom stereocenters. The lowest BCUT2D eigenvalue weighted by atomic mass is 9.96. The first-order chi connectivity index (χ1) is 9.93. The van der Waals surface area contributed by atoms with Crippen molar-refractivity contribution in [3.8, 4) is 0 Å². The van der Waals surface area contributed by atoms with Gasteiger partial charge in [0.1, 0.15) is 5.54 Å². The van der Waals surface area contributed by atoms with Crippen LogP contribution in [0.25, 0.3) is 0 Å². The standard InChI is InChI=1S/C16H30N2O3/c1-5-20-15(19)16(4,17-12(2)3)8-9-18-10-13-6-7-14(11-18)21-13/h12-14,17H,5-11H2,1-4H3. The van der Waals surface area contributed by atoms with E-state index in [1.807, 2.05) is 13.8 Å². The summed E-state index contributed by atoms with van der Waals surface area (Å²) in [4.78, 5) is 14.7. The highest BCUT2D eigenvalue weighted by molar-refractivity contribution is 5.80. The first kappa shape index (κ1) is 16.7. The molecule has 1 N–H and O–H groups in total. The quantitative estimate of drug-likeness (QED) is 0.723. The predicted octanol–water partition coefficient (Wildman–Crippen LogP) is 1.56. The number of carbonyl (C=O) groups is 1. The number of fused-ring (bicyclic) bond motifs is 2. The number of ether oxygens (including phenoxy) is 2. The topological polar surface area (TPSA) is 50.8 Å². The molecule has 2 bridgehead atoms. The van der Waals surface area contributed by atoms with E-state index in [9.17, 15) is 4.79 Å². The first-order valence-electron chi connectivity index (χ1n) is 8.25. The van der Waals surface area contributed by atoms with E-state index in [0.29, 0.717) is 18.8 Å². The van der Waals surface area contributed by atoms with E-state index in [2.05, 4.69) is 24.1 Å². The Hall–Kier alpha value is -0.650. The highest BCUT2D eigenvalue weighted by Gasteiger charge is 2.38. The van der Waals surface area contributed by atoms with Gasteiger partial charge in [0.05, 0.1) is 18.8 Å². The normalized spacial score (nSPS) is 28.6. The van der Waals surface area contributed by atoms with Gasteiger partial charge < -0.3 is 9.47 Å². The molecule has 0 aliphatic carbocycles. The van der Waals surface area contributed by atoms with Crippen molar-refractivity contribution in [3.05, 3.63) is 0 Å². The molecule has 2 aliphatic heterocycles. The minimum Gasteiger partial charge on any atom is -0.465 e. The Balaban J connectivity index is 1.90. The van der Waals surface area contributed by atoms with Gasteiger partial charge in [0.15, 0.2) is 0 Å². The molecule has 2 heterocycles. The van der Waals surface area contributed by atoms with Gasteiger partial charge >= 0.3 is 5.97 Å². The summed E-state index contributed by atoms with van der Waals surface area (Å²) in [6, 6.07) is 0.250. The van der Waals surface area contributed by atoms with Crippen LogP contribution >= 0.6 is 0 Å². The van der Waals surface area contributed by atoms with E-state index < -0.39 is 5.54 Å². The first-order valence-corrected chi connectivity index (χ1v) is 8.25. The molecule has 2 fully saturated rings. The Kier molecular flexibility index (Phi) is 5.63. The van der Waals surface area contributed by atoms with Crippen molar-refractivity contribution in [3.63, 3.8) is 0 Å². The zero-order valence-corrected chi connectivity index (χ0v) is 13.9. The van der Waals surface area contributed by atoms with Gasteiger partial charge in [-0.2, -0.15) is 0 Å². The molecule has 0 radical (unpaired) electrons. The van der Waals surface area contributed by atoms with Crippen LogP contribution in [0.1, 0.15) is 47.0 Å². The monoisotopic (exact) mass is 298 g/mol. The summed E-state index contributed by atoms with van der Waals surface area (Å²) < 4.78 is 11.1. The Morgan fingerprint density at radius 3 is 2.52 bits per heavy atom. The van der Waals surface area contributed by atoms with Crippen molar-refractivity contribution < 1.29 is 14.3 Å². The average Bonchev–Trinajstić information content (AvgIpc) is 2.75. The Bertz CT molecular complexity index is 349. The Labute approximate surface area is 128 Å². The number of hydrogen-bond acceptors (Lipinski definition) is 5. The SMILES string of the molecule is CCOC(=O)C(C)(CCN1CC2CCC(C1)O2)NC(C)C. The van der Waals surface area contributed by atoms with Crippen LogP contribution in [0.15, 0.2) is 0 Å². The second kappa shape index (κ2) is 7.07.